The maximum atomic E-state index is 2.68. The third-order valence-corrected chi connectivity index (χ3v) is 24.5. The van der Waals surface area contributed by atoms with E-state index in [4.69, 9.17) is 0 Å². The van der Waals surface area contributed by atoms with Crippen LogP contribution in [0.4, 0.5) is 0 Å². The van der Waals surface area contributed by atoms with E-state index in [1.54, 1.807) is 17.7 Å². The third-order valence-electron chi connectivity index (χ3n) is 7.64. The summed E-state index contributed by atoms with van der Waals surface area (Å²) in [6.07, 6.45) is 12.8. The van der Waals surface area contributed by atoms with Crippen molar-refractivity contribution >= 4 is 31.7 Å². The largest absolute Gasteiger partial charge is 0.147 e. The number of allylic oxidation sites excluding steroid dienone is 8. The molecule has 0 radical (unpaired) electrons. The second-order valence-corrected chi connectivity index (χ2v) is 39.8. The summed E-state index contributed by atoms with van der Waals surface area (Å²) in [5.74, 6) is 1.20. The Morgan fingerprint density at radius 2 is 1.07 bits per heavy atom. The van der Waals surface area contributed by atoms with Crippen LogP contribution >= 0.6 is 24.8 Å². The molecule has 2 rings (SSSR count). The summed E-state index contributed by atoms with van der Waals surface area (Å²) in [4.78, 5) is 0. The topological polar surface area (TPSA) is 0 Å². The van der Waals surface area contributed by atoms with Crippen molar-refractivity contribution in [3.8, 4) is 0 Å². The summed E-state index contributed by atoms with van der Waals surface area (Å²) in [6.45, 7) is 21.5. The Bertz CT molecular complexity index is 727. The second kappa shape index (κ2) is 9.02. The molecule has 2 aliphatic carbocycles. The van der Waals surface area contributed by atoms with Crippen molar-refractivity contribution in [2.75, 3.05) is 0 Å². The molecule has 0 aliphatic heterocycles. The Balaban J connectivity index is 0.00000364. The van der Waals surface area contributed by atoms with E-state index in [1.165, 1.54) is 12.8 Å². The average molecular weight is 523 g/mol. The Kier molecular flexibility index (Phi) is 9.22. The summed E-state index contributed by atoms with van der Waals surface area (Å²) in [5.41, 5.74) is 3.74. The van der Waals surface area contributed by atoms with Crippen LogP contribution in [0.25, 0.3) is 0 Å². The molecule has 0 bridgehead atoms. The number of hydrogen-bond donors (Lipinski definition) is 0. The molecule has 0 aromatic heterocycles. The van der Waals surface area contributed by atoms with Crippen molar-refractivity contribution in [3.63, 3.8) is 0 Å². The molecule has 0 spiro atoms. The van der Waals surface area contributed by atoms with E-state index in [0.717, 1.165) is 0 Å². The molecule has 2 atom stereocenters. The first-order valence-corrected chi connectivity index (χ1v) is 23.9. The van der Waals surface area contributed by atoms with Gasteiger partial charge in [-0.3, -0.25) is 0 Å². The Labute approximate surface area is 190 Å². The van der Waals surface area contributed by atoms with Gasteiger partial charge in [-0.2, -0.15) is 0 Å². The fourth-order valence-electron chi connectivity index (χ4n) is 4.75. The zero-order valence-electron chi connectivity index (χ0n) is 19.9. The molecular weight excluding hydrogens is 478 g/mol. The molecule has 0 saturated heterocycles. The molecule has 4 heteroatoms. The fourth-order valence-corrected chi connectivity index (χ4v) is 21.2. The van der Waals surface area contributed by atoms with Gasteiger partial charge in [-0.1, -0.05) is 0 Å². The van der Waals surface area contributed by atoms with Crippen molar-refractivity contribution in [2.45, 2.75) is 77.5 Å². The molecule has 0 saturated carbocycles. The summed E-state index contributed by atoms with van der Waals surface area (Å²) in [5, 5.41) is 0. The van der Waals surface area contributed by atoms with E-state index in [-0.39, 0.29) is 24.8 Å². The summed E-state index contributed by atoms with van der Waals surface area (Å²) in [6, 6.07) is 0. The number of hydrogen-bond acceptors (Lipinski definition) is 0. The molecule has 162 valence electrons. The van der Waals surface area contributed by atoms with Crippen LogP contribution in [0.5, 0.6) is 0 Å². The van der Waals surface area contributed by atoms with Crippen molar-refractivity contribution < 1.29 is 17.4 Å². The molecule has 2 aliphatic rings. The van der Waals surface area contributed by atoms with Crippen molar-refractivity contribution in [1.82, 2.24) is 0 Å². The first-order valence-electron chi connectivity index (χ1n) is 10.6. The van der Waals surface area contributed by atoms with E-state index in [1.807, 2.05) is 0 Å². The van der Waals surface area contributed by atoms with E-state index in [2.05, 4.69) is 95.8 Å². The van der Waals surface area contributed by atoms with Crippen LogP contribution in [-0.2, 0) is 17.4 Å². The zero-order valence-corrected chi connectivity index (χ0v) is 25.4. The zero-order chi connectivity index (χ0) is 20.2. The Hall–Kier alpha value is 0.640. The van der Waals surface area contributed by atoms with Gasteiger partial charge in [0.05, 0.1) is 0 Å². The molecule has 0 heterocycles. The van der Waals surface area contributed by atoms with Crippen LogP contribution in [-0.4, -0.2) is 6.88 Å². The van der Waals surface area contributed by atoms with Gasteiger partial charge in [0.1, 0.15) is 0 Å². The first kappa shape index (κ1) is 28.6. The van der Waals surface area contributed by atoms with Gasteiger partial charge in [0.15, 0.2) is 0 Å². The average Bonchev–Trinajstić information content (AvgIpc) is 3.12. The fraction of sp³-hybridized carbons (Fsp3) is 0.667. The van der Waals surface area contributed by atoms with Gasteiger partial charge in [0.25, 0.3) is 0 Å². The van der Waals surface area contributed by atoms with Gasteiger partial charge in [-0.05, 0) is 0 Å². The molecule has 0 amide bonds. The molecular formula is C24H44Cl2SiZr. The van der Waals surface area contributed by atoms with Crippen LogP contribution in [0.15, 0.2) is 42.0 Å². The van der Waals surface area contributed by atoms with Gasteiger partial charge in [-0.15, -0.1) is 24.8 Å². The number of rotatable bonds is 6. The van der Waals surface area contributed by atoms with Gasteiger partial charge >= 0.3 is 166 Å². The van der Waals surface area contributed by atoms with Gasteiger partial charge in [0, 0.05) is 0 Å². The van der Waals surface area contributed by atoms with Crippen LogP contribution in [0.2, 0.25) is 9.26 Å². The van der Waals surface area contributed by atoms with Gasteiger partial charge in [0.2, 0.25) is 0 Å². The van der Waals surface area contributed by atoms with Crippen LogP contribution < -0.4 is 0 Å². The minimum atomic E-state index is -3.14. The molecule has 0 fully saturated rings. The van der Waals surface area contributed by atoms with Gasteiger partial charge < -0.3 is 0 Å². The predicted octanol–water partition coefficient (Wildman–Crippen LogP) is 7.96. The monoisotopic (exact) mass is 520 g/mol. The standard InChI is InChI=1S/2C11H17.2CH3.2ClH.H2Si.Zr/c2*1-5-11(3,4)10-7-6-9(2)8-10;;;;;;/h2*7-9H,5H2,1-4H3;2*1H3;2*1H;1H2;. The Morgan fingerprint density at radius 3 is 1.32 bits per heavy atom. The smallest absolute Gasteiger partial charge is 0.147 e. The van der Waals surface area contributed by atoms with Crippen LogP contribution in [0, 0.1) is 22.7 Å². The molecule has 2 unspecified atom stereocenters. The van der Waals surface area contributed by atoms with Crippen LogP contribution in [0.1, 0.15) is 68.2 Å². The maximum absolute atomic E-state index is 3.14. The predicted molar refractivity (Wildman–Crippen MR) is 134 cm³/mol. The van der Waals surface area contributed by atoms with E-state index >= 15 is 0 Å². The minimum absolute atomic E-state index is 0. The van der Waals surface area contributed by atoms with E-state index in [0.29, 0.717) is 22.7 Å². The molecule has 0 N–H and O–H groups in total. The minimum Gasteiger partial charge on any atom is -0.147 e. The molecule has 28 heavy (non-hydrogen) atoms. The first-order chi connectivity index (χ1) is 11.6. The third kappa shape index (κ3) is 5.09. The summed E-state index contributed by atoms with van der Waals surface area (Å²) in [7, 11) is 0. The second-order valence-electron chi connectivity index (χ2n) is 11.2. The Morgan fingerprint density at radius 1 is 0.786 bits per heavy atom. The van der Waals surface area contributed by atoms with E-state index < -0.39 is 17.4 Å². The molecule has 0 nitrogen and oxygen atoms in total. The molecule has 0 aromatic carbocycles. The molecule has 0 aromatic rings. The normalized spacial score (nSPS) is 23.2. The summed E-state index contributed by atoms with van der Waals surface area (Å²) >= 11 is -3.14. The van der Waals surface area contributed by atoms with Crippen molar-refractivity contribution in [1.29, 1.82) is 0 Å². The van der Waals surface area contributed by atoms with Crippen molar-refractivity contribution in [3.05, 3.63) is 42.0 Å². The number of halogens is 2. The SMILES string of the molecule is CCC(C)(C)C1=CC(C)[C]([Zr]([CH3])([CH3])(=[SiH2])[C]2=CC(C(C)(C)CC)=CC2C)=C1.Cl.Cl. The van der Waals surface area contributed by atoms with Crippen LogP contribution in [0.3, 0.4) is 0 Å². The maximum Gasteiger partial charge on any atom is -0.147 e. The van der Waals surface area contributed by atoms with E-state index in [9.17, 15) is 0 Å². The quantitative estimate of drug-likeness (QED) is 0.310. The van der Waals surface area contributed by atoms with Crippen molar-refractivity contribution in [2.24, 2.45) is 22.7 Å². The summed E-state index contributed by atoms with van der Waals surface area (Å²) < 4.78 is 8.94. The van der Waals surface area contributed by atoms with Gasteiger partial charge in [-0.25, -0.2) is 0 Å².